The number of benzene rings is 2. The number of rotatable bonds is 8. The predicted octanol–water partition coefficient (Wildman–Crippen LogP) is 2.38. The normalized spacial score (nSPS) is 11.9. The van der Waals surface area contributed by atoms with Gasteiger partial charge in [-0.15, -0.1) is 10.2 Å². The molecule has 0 bridgehead atoms. The summed E-state index contributed by atoms with van der Waals surface area (Å²) in [6.45, 7) is 0.626. The number of hydrogen-bond acceptors (Lipinski definition) is 8. The van der Waals surface area contributed by atoms with Crippen LogP contribution in [0.4, 0.5) is 0 Å². The Morgan fingerprint density at radius 1 is 1.00 bits per heavy atom. The van der Waals surface area contributed by atoms with E-state index in [1.807, 2.05) is 36.4 Å². The van der Waals surface area contributed by atoms with Crippen LogP contribution in [0, 0.1) is 0 Å². The van der Waals surface area contributed by atoms with Crippen molar-refractivity contribution in [3.8, 4) is 23.0 Å². The zero-order chi connectivity index (χ0) is 20.9. The Morgan fingerprint density at radius 3 is 2.63 bits per heavy atom. The number of amides is 1. The fourth-order valence-corrected chi connectivity index (χ4v) is 3.07. The van der Waals surface area contributed by atoms with E-state index in [2.05, 4.69) is 15.5 Å². The minimum atomic E-state index is -0.417. The van der Waals surface area contributed by atoms with Gasteiger partial charge in [-0.1, -0.05) is 12.1 Å². The average molecular weight is 411 g/mol. The van der Waals surface area contributed by atoms with Gasteiger partial charge < -0.3 is 28.7 Å². The van der Waals surface area contributed by atoms with Crippen LogP contribution in [0.5, 0.6) is 23.0 Å². The molecule has 2 heterocycles. The summed E-state index contributed by atoms with van der Waals surface area (Å²) in [4.78, 5) is 12.3. The number of carbonyl (C=O) groups is 1. The molecule has 0 atom stereocenters. The molecule has 0 fully saturated rings. The molecule has 0 radical (unpaired) electrons. The van der Waals surface area contributed by atoms with E-state index in [-0.39, 0.29) is 12.7 Å². The highest BCUT2D eigenvalue weighted by Gasteiger charge is 2.17. The summed E-state index contributed by atoms with van der Waals surface area (Å²) in [5, 5.41) is 10.6. The summed E-state index contributed by atoms with van der Waals surface area (Å²) in [5.41, 5.74) is 1.92. The van der Waals surface area contributed by atoms with Crippen molar-refractivity contribution in [2.75, 3.05) is 27.6 Å². The first-order chi connectivity index (χ1) is 14.7. The fourth-order valence-electron chi connectivity index (χ4n) is 3.07. The SMILES string of the molecule is COc1ccc(CCNC(=O)c2nnc(Cc3ccc4c(c3)OCO4)o2)cc1OC. The molecule has 3 aromatic rings. The molecule has 1 aliphatic rings. The van der Waals surface area contributed by atoms with Crippen LogP contribution in [-0.4, -0.2) is 43.7 Å². The molecule has 2 aromatic carbocycles. The molecule has 9 nitrogen and oxygen atoms in total. The molecule has 4 rings (SSSR count). The van der Waals surface area contributed by atoms with Gasteiger partial charge in [0.05, 0.1) is 20.6 Å². The van der Waals surface area contributed by atoms with E-state index in [9.17, 15) is 4.79 Å². The lowest BCUT2D eigenvalue weighted by atomic mass is 10.1. The molecule has 0 saturated carbocycles. The molecule has 0 unspecified atom stereocenters. The van der Waals surface area contributed by atoms with Gasteiger partial charge in [-0.05, 0) is 41.8 Å². The number of nitrogens with zero attached hydrogens (tertiary/aromatic N) is 2. The van der Waals surface area contributed by atoms with Gasteiger partial charge in [-0.25, -0.2) is 0 Å². The minimum Gasteiger partial charge on any atom is -0.493 e. The van der Waals surface area contributed by atoms with E-state index < -0.39 is 5.91 Å². The largest absolute Gasteiger partial charge is 0.493 e. The van der Waals surface area contributed by atoms with Gasteiger partial charge in [0.25, 0.3) is 0 Å². The standard InChI is InChI=1S/C21H21N3O6/c1-26-15-5-3-13(9-17(15)27-2)7-8-22-20(25)21-24-23-19(30-21)11-14-4-6-16-18(10-14)29-12-28-16/h3-6,9-10H,7-8,11-12H2,1-2H3,(H,22,25). The van der Waals surface area contributed by atoms with Crippen molar-refractivity contribution >= 4 is 5.91 Å². The van der Waals surface area contributed by atoms with Crippen LogP contribution in [0.25, 0.3) is 0 Å². The Kier molecular flexibility index (Phi) is 5.69. The van der Waals surface area contributed by atoms with E-state index in [4.69, 9.17) is 23.4 Å². The minimum absolute atomic E-state index is 0.0712. The fraction of sp³-hybridized carbons (Fsp3) is 0.286. The maximum atomic E-state index is 12.3. The second-order valence-corrected chi connectivity index (χ2v) is 6.56. The summed E-state index contributed by atoms with van der Waals surface area (Å²) in [5.74, 6) is 2.55. The quantitative estimate of drug-likeness (QED) is 0.602. The van der Waals surface area contributed by atoms with Crippen LogP contribution in [0.1, 0.15) is 27.7 Å². The maximum absolute atomic E-state index is 12.3. The van der Waals surface area contributed by atoms with Crippen LogP contribution in [-0.2, 0) is 12.8 Å². The Balaban J connectivity index is 1.31. The third-order valence-electron chi connectivity index (χ3n) is 4.60. The molecule has 156 valence electrons. The zero-order valence-electron chi connectivity index (χ0n) is 16.6. The zero-order valence-corrected chi connectivity index (χ0v) is 16.6. The molecular formula is C21H21N3O6. The maximum Gasteiger partial charge on any atom is 0.308 e. The number of fused-ring (bicyclic) bond motifs is 1. The Bertz CT molecular complexity index is 1050. The molecule has 0 aliphatic carbocycles. The summed E-state index contributed by atoms with van der Waals surface area (Å²) in [6, 6.07) is 11.2. The third kappa shape index (κ3) is 4.29. The monoisotopic (exact) mass is 411 g/mol. The first-order valence-corrected chi connectivity index (χ1v) is 9.36. The van der Waals surface area contributed by atoms with E-state index in [0.717, 1.165) is 11.1 Å². The molecule has 0 saturated heterocycles. The number of aromatic nitrogens is 2. The molecule has 0 spiro atoms. The van der Waals surface area contributed by atoms with Crippen LogP contribution < -0.4 is 24.3 Å². The Hall–Kier alpha value is -3.75. The van der Waals surface area contributed by atoms with Crippen LogP contribution in [0.2, 0.25) is 0 Å². The molecule has 1 amide bonds. The average Bonchev–Trinajstić information content (AvgIpc) is 3.42. The van der Waals surface area contributed by atoms with Gasteiger partial charge in [0, 0.05) is 6.54 Å². The highest BCUT2D eigenvalue weighted by atomic mass is 16.7. The second-order valence-electron chi connectivity index (χ2n) is 6.56. The van der Waals surface area contributed by atoms with Crippen LogP contribution in [0.3, 0.4) is 0 Å². The van der Waals surface area contributed by atoms with E-state index in [1.165, 1.54) is 0 Å². The summed E-state index contributed by atoms with van der Waals surface area (Å²) in [7, 11) is 3.17. The van der Waals surface area contributed by atoms with E-state index in [1.54, 1.807) is 14.2 Å². The number of nitrogens with one attached hydrogen (secondary N) is 1. The summed E-state index contributed by atoms with van der Waals surface area (Å²) >= 11 is 0. The Morgan fingerprint density at radius 2 is 1.80 bits per heavy atom. The molecule has 30 heavy (non-hydrogen) atoms. The Labute approximate surface area is 172 Å². The van der Waals surface area contributed by atoms with Crippen molar-refractivity contribution in [2.45, 2.75) is 12.8 Å². The van der Waals surface area contributed by atoms with Gasteiger partial charge in [-0.2, -0.15) is 0 Å². The summed E-state index contributed by atoms with van der Waals surface area (Å²) in [6.07, 6.45) is 1.01. The van der Waals surface area contributed by atoms with Crippen molar-refractivity contribution in [3.05, 3.63) is 59.3 Å². The van der Waals surface area contributed by atoms with Crippen molar-refractivity contribution in [1.82, 2.24) is 15.5 Å². The van der Waals surface area contributed by atoms with E-state index >= 15 is 0 Å². The van der Waals surface area contributed by atoms with Crippen molar-refractivity contribution in [2.24, 2.45) is 0 Å². The first-order valence-electron chi connectivity index (χ1n) is 9.36. The van der Waals surface area contributed by atoms with Crippen molar-refractivity contribution in [1.29, 1.82) is 0 Å². The highest BCUT2D eigenvalue weighted by molar-refractivity contribution is 5.89. The summed E-state index contributed by atoms with van der Waals surface area (Å²) < 4.78 is 26.7. The lowest BCUT2D eigenvalue weighted by Crippen LogP contribution is -2.26. The first kappa shape index (κ1) is 19.6. The van der Waals surface area contributed by atoms with Crippen LogP contribution >= 0.6 is 0 Å². The van der Waals surface area contributed by atoms with E-state index in [0.29, 0.717) is 48.3 Å². The third-order valence-corrected chi connectivity index (χ3v) is 4.60. The lowest BCUT2D eigenvalue weighted by Gasteiger charge is -2.09. The molecule has 1 aliphatic heterocycles. The van der Waals surface area contributed by atoms with Gasteiger partial charge >= 0.3 is 11.8 Å². The lowest BCUT2D eigenvalue weighted by molar-refractivity contribution is 0.0918. The van der Waals surface area contributed by atoms with Crippen molar-refractivity contribution in [3.63, 3.8) is 0 Å². The number of ether oxygens (including phenoxy) is 4. The van der Waals surface area contributed by atoms with Crippen LogP contribution in [0.15, 0.2) is 40.8 Å². The molecule has 9 heteroatoms. The van der Waals surface area contributed by atoms with Gasteiger partial charge in [-0.3, -0.25) is 4.79 Å². The number of hydrogen-bond donors (Lipinski definition) is 1. The number of carbonyl (C=O) groups excluding carboxylic acids is 1. The smallest absolute Gasteiger partial charge is 0.308 e. The molecule has 1 N–H and O–H groups in total. The molecular weight excluding hydrogens is 390 g/mol. The number of methoxy groups -OCH3 is 2. The second kappa shape index (κ2) is 8.73. The van der Waals surface area contributed by atoms with Gasteiger partial charge in [0.2, 0.25) is 12.7 Å². The van der Waals surface area contributed by atoms with Gasteiger partial charge in [0.1, 0.15) is 0 Å². The highest BCUT2D eigenvalue weighted by Crippen LogP contribution is 2.33. The van der Waals surface area contributed by atoms with Gasteiger partial charge in [0.15, 0.2) is 23.0 Å². The van der Waals surface area contributed by atoms with Crippen molar-refractivity contribution < 1.29 is 28.2 Å². The predicted molar refractivity (Wildman–Crippen MR) is 105 cm³/mol. The topological polar surface area (TPSA) is 105 Å². The molecule has 1 aromatic heterocycles.